The number of amides is 2. The van der Waals surface area contributed by atoms with Gasteiger partial charge in [-0.2, -0.15) is 0 Å². The molecule has 0 saturated carbocycles. The lowest BCUT2D eigenvalue weighted by Gasteiger charge is -2.32. The second kappa shape index (κ2) is 8.84. The van der Waals surface area contributed by atoms with Crippen molar-refractivity contribution >= 4 is 29.1 Å². The van der Waals surface area contributed by atoms with Gasteiger partial charge in [0.25, 0.3) is 0 Å². The van der Waals surface area contributed by atoms with Gasteiger partial charge in [0, 0.05) is 50.0 Å². The van der Waals surface area contributed by atoms with Gasteiger partial charge in [0.05, 0.1) is 0 Å². The van der Waals surface area contributed by atoms with Crippen LogP contribution < -0.4 is 10.2 Å². The van der Waals surface area contributed by atoms with Crippen molar-refractivity contribution in [2.24, 2.45) is 5.92 Å². The van der Waals surface area contributed by atoms with E-state index in [4.69, 9.17) is 11.6 Å². The number of anilines is 1. The van der Waals surface area contributed by atoms with E-state index in [1.807, 2.05) is 12.1 Å². The van der Waals surface area contributed by atoms with Crippen molar-refractivity contribution < 1.29 is 9.59 Å². The number of halogens is 1. The van der Waals surface area contributed by atoms with Crippen molar-refractivity contribution in [1.29, 1.82) is 0 Å². The summed E-state index contributed by atoms with van der Waals surface area (Å²) in [6.07, 6.45) is 1.48. The SMILES string of the molecule is CN1CCN(CCCNC(=O)C2CCN(c3ccc(Cl)cc3)C2=O)CC1. The Bertz CT molecular complexity index is 629. The van der Waals surface area contributed by atoms with Gasteiger partial charge < -0.3 is 20.0 Å². The molecule has 1 atom stereocenters. The van der Waals surface area contributed by atoms with Crippen LogP contribution in [0, 0.1) is 5.92 Å². The topological polar surface area (TPSA) is 55.9 Å². The summed E-state index contributed by atoms with van der Waals surface area (Å²) in [5, 5.41) is 3.57. The van der Waals surface area contributed by atoms with Crippen LogP contribution >= 0.6 is 11.6 Å². The molecule has 2 heterocycles. The maximum absolute atomic E-state index is 12.6. The zero-order valence-electron chi connectivity index (χ0n) is 15.3. The van der Waals surface area contributed by atoms with Crippen molar-refractivity contribution in [1.82, 2.24) is 15.1 Å². The summed E-state index contributed by atoms with van der Waals surface area (Å²) in [7, 11) is 2.14. The summed E-state index contributed by atoms with van der Waals surface area (Å²) < 4.78 is 0. The van der Waals surface area contributed by atoms with Gasteiger partial charge >= 0.3 is 0 Å². The number of nitrogens with one attached hydrogen (secondary N) is 1. The highest BCUT2D eigenvalue weighted by molar-refractivity contribution is 6.30. The summed E-state index contributed by atoms with van der Waals surface area (Å²) in [5.74, 6) is -0.844. The van der Waals surface area contributed by atoms with E-state index >= 15 is 0 Å². The lowest BCUT2D eigenvalue weighted by atomic mass is 10.1. The third kappa shape index (κ3) is 4.75. The Morgan fingerprint density at radius 2 is 1.85 bits per heavy atom. The molecule has 0 spiro atoms. The quantitative estimate of drug-likeness (QED) is 0.601. The second-order valence-electron chi connectivity index (χ2n) is 7.10. The minimum atomic E-state index is -0.575. The minimum Gasteiger partial charge on any atom is -0.355 e. The fourth-order valence-corrected chi connectivity index (χ4v) is 3.64. The second-order valence-corrected chi connectivity index (χ2v) is 7.53. The molecule has 2 aliphatic heterocycles. The number of nitrogens with zero attached hydrogens (tertiary/aromatic N) is 3. The first kappa shape index (κ1) is 19.1. The highest BCUT2D eigenvalue weighted by Gasteiger charge is 2.37. The Morgan fingerprint density at radius 1 is 1.15 bits per heavy atom. The van der Waals surface area contributed by atoms with Gasteiger partial charge in [0.1, 0.15) is 5.92 Å². The standard InChI is InChI=1S/C19H27ClN4O2/c1-22-11-13-23(14-12-22)9-2-8-21-18(25)17-7-10-24(19(17)26)16-5-3-15(20)4-6-16/h3-6,17H,2,7-14H2,1H3,(H,21,25). The lowest BCUT2D eigenvalue weighted by Crippen LogP contribution is -2.45. The van der Waals surface area contributed by atoms with E-state index in [-0.39, 0.29) is 11.8 Å². The summed E-state index contributed by atoms with van der Waals surface area (Å²) in [4.78, 5) is 31.4. The van der Waals surface area contributed by atoms with E-state index in [0.717, 1.165) is 44.8 Å². The largest absolute Gasteiger partial charge is 0.355 e. The van der Waals surface area contributed by atoms with E-state index in [0.29, 0.717) is 24.5 Å². The lowest BCUT2D eigenvalue weighted by molar-refractivity contribution is -0.132. The average molecular weight is 379 g/mol. The van der Waals surface area contributed by atoms with Crippen LogP contribution in [0.4, 0.5) is 5.69 Å². The number of rotatable bonds is 6. The van der Waals surface area contributed by atoms with Gasteiger partial charge in [-0.3, -0.25) is 9.59 Å². The molecule has 7 heteroatoms. The molecule has 6 nitrogen and oxygen atoms in total. The van der Waals surface area contributed by atoms with E-state index in [9.17, 15) is 9.59 Å². The number of benzene rings is 1. The fourth-order valence-electron chi connectivity index (χ4n) is 3.51. The van der Waals surface area contributed by atoms with Crippen LogP contribution in [0.3, 0.4) is 0 Å². The maximum atomic E-state index is 12.6. The number of hydrogen-bond acceptors (Lipinski definition) is 4. The van der Waals surface area contributed by atoms with Gasteiger partial charge in [0.2, 0.25) is 11.8 Å². The molecule has 0 aromatic heterocycles. The fraction of sp³-hybridized carbons (Fsp3) is 0.579. The van der Waals surface area contributed by atoms with Crippen molar-refractivity contribution in [3.8, 4) is 0 Å². The number of likely N-dealkylation sites (N-methyl/N-ethyl adjacent to an activating group) is 1. The molecule has 0 bridgehead atoms. The van der Waals surface area contributed by atoms with E-state index in [1.54, 1.807) is 17.0 Å². The molecule has 1 aromatic rings. The van der Waals surface area contributed by atoms with Crippen molar-refractivity contribution in [2.45, 2.75) is 12.8 Å². The number of piperazine rings is 1. The Balaban J connectivity index is 1.41. The summed E-state index contributed by atoms with van der Waals surface area (Å²) in [6.45, 7) is 6.55. The van der Waals surface area contributed by atoms with E-state index in [2.05, 4.69) is 22.2 Å². The van der Waals surface area contributed by atoms with E-state index < -0.39 is 5.92 Å². The summed E-state index contributed by atoms with van der Waals surface area (Å²) in [6, 6.07) is 7.15. The number of carbonyl (C=O) groups excluding carboxylic acids is 2. The highest BCUT2D eigenvalue weighted by atomic mass is 35.5. The molecule has 1 aromatic carbocycles. The van der Waals surface area contributed by atoms with Crippen LogP contribution in [0.25, 0.3) is 0 Å². The molecule has 2 aliphatic rings. The van der Waals surface area contributed by atoms with Crippen LogP contribution in [0.15, 0.2) is 24.3 Å². The molecule has 0 aliphatic carbocycles. The number of carbonyl (C=O) groups is 2. The predicted octanol–water partition coefficient (Wildman–Crippen LogP) is 1.45. The molecule has 1 unspecified atom stereocenters. The van der Waals surface area contributed by atoms with Crippen LogP contribution in [0.1, 0.15) is 12.8 Å². The van der Waals surface area contributed by atoms with Gasteiger partial charge in [-0.25, -0.2) is 0 Å². The van der Waals surface area contributed by atoms with Gasteiger partial charge in [-0.1, -0.05) is 11.6 Å². The molecule has 142 valence electrons. The Kier molecular flexibility index (Phi) is 6.51. The van der Waals surface area contributed by atoms with Crippen LogP contribution in [0.2, 0.25) is 5.02 Å². The van der Waals surface area contributed by atoms with Gasteiger partial charge in [-0.05, 0) is 50.7 Å². The Morgan fingerprint density at radius 3 is 2.54 bits per heavy atom. The third-order valence-corrected chi connectivity index (χ3v) is 5.46. The minimum absolute atomic E-state index is 0.121. The Labute approximate surface area is 160 Å². The molecular weight excluding hydrogens is 352 g/mol. The first-order valence-electron chi connectivity index (χ1n) is 9.30. The first-order valence-corrected chi connectivity index (χ1v) is 9.68. The Hall–Kier alpha value is -1.63. The monoisotopic (exact) mass is 378 g/mol. The average Bonchev–Trinajstić information content (AvgIpc) is 3.02. The van der Waals surface area contributed by atoms with Crippen molar-refractivity contribution in [2.75, 3.05) is 57.8 Å². The summed E-state index contributed by atoms with van der Waals surface area (Å²) >= 11 is 5.89. The van der Waals surface area contributed by atoms with Gasteiger partial charge in [-0.15, -0.1) is 0 Å². The predicted molar refractivity (Wildman–Crippen MR) is 103 cm³/mol. The molecule has 3 rings (SSSR count). The summed E-state index contributed by atoms with van der Waals surface area (Å²) in [5.41, 5.74) is 0.796. The maximum Gasteiger partial charge on any atom is 0.239 e. The van der Waals surface area contributed by atoms with Crippen LogP contribution in [0.5, 0.6) is 0 Å². The first-order chi connectivity index (χ1) is 12.5. The van der Waals surface area contributed by atoms with E-state index in [1.165, 1.54) is 0 Å². The molecule has 2 fully saturated rings. The normalized spacial score (nSPS) is 22.0. The zero-order valence-corrected chi connectivity index (χ0v) is 16.0. The van der Waals surface area contributed by atoms with Crippen molar-refractivity contribution in [3.05, 3.63) is 29.3 Å². The molecule has 26 heavy (non-hydrogen) atoms. The zero-order chi connectivity index (χ0) is 18.5. The van der Waals surface area contributed by atoms with Crippen molar-refractivity contribution in [3.63, 3.8) is 0 Å². The highest BCUT2D eigenvalue weighted by Crippen LogP contribution is 2.26. The molecule has 2 amide bonds. The molecule has 1 N–H and O–H groups in total. The third-order valence-electron chi connectivity index (χ3n) is 5.21. The molecule has 0 radical (unpaired) electrons. The molecule has 2 saturated heterocycles. The van der Waals surface area contributed by atoms with Crippen LogP contribution in [-0.2, 0) is 9.59 Å². The molecular formula is C19H27ClN4O2. The smallest absolute Gasteiger partial charge is 0.239 e. The van der Waals surface area contributed by atoms with Crippen LogP contribution in [-0.4, -0.2) is 74.5 Å². The van der Waals surface area contributed by atoms with Gasteiger partial charge in [0.15, 0.2) is 0 Å². The number of hydrogen-bond donors (Lipinski definition) is 1.